The van der Waals surface area contributed by atoms with Gasteiger partial charge in [0.25, 0.3) is 0 Å². The molecule has 1 aromatic heterocycles. The highest BCUT2D eigenvalue weighted by atomic mass is 32.2. The Balaban J connectivity index is 1.59. The van der Waals surface area contributed by atoms with E-state index in [9.17, 15) is 9.59 Å². The summed E-state index contributed by atoms with van der Waals surface area (Å²) in [5.41, 5.74) is 1.33. The van der Waals surface area contributed by atoms with Crippen LogP contribution in [0.25, 0.3) is 0 Å². The number of ketones is 1. The number of nitrogens with one attached hydrogen (secondary N) is 1. The molecule has 1 N–H and O–H groups in total. The number of thioether (sulfide) groups is 1. The van der Waals surface area contributed by atoms with Crippen molar-refractivity contribution in [2.45, 2.75) is 51.2 Å². The van der Waals surface area contributed by atoms with Crippen molar-refractivity contribution in [3.63, 3.8) is 0 Å². The number of rotatable bonds is 8. The first-order chi connectivity index (χ1) is 12.5. The van der Waals surface area contributed by atoms with Gasteiger partial charge >= 0.3 is 0 Å². The predicted octanol–water partition coefficient (Wildman–Crippen LogP) is 3.74. The average Bonchev–Trinajstić information content (AvgIpc) is 3.40. The topological polar surface area (TPSA) is 76.9 Å². The van der Waals surface area contributed by atoms with Crippen LogP contribution in [-0.2, 0) is 11.3 Å². The van der Waals surface area contributed by atoms with Crippen molar-refractivity contribution in [2.75, 3.05) is 11.1 Å². The van der Waals surface area contributed by atoms with Crippen LogP contribution in [-0.4, -0.2) is 32.2 Å². The second kappa shape index (κ2) is 8.03. The Bertz CT molecular complexity index is 794. The number of nitrogens with zero attached hydrogens (tertiary/aromatic N) is 3. The molecule has 0 saturated heterocycles. The lowest BCUT2D eigenvalue weighted by Crippen LogP contribution is -2.17. The van der Waals surface area contributed by atoms with Gasteiger partial charge in [-0.05, 0) is 44.0 Å². The molecular formula is C19H24N4O2S. The van der Waals surface area contributed by atoms with Gasteiger partial charge in [-0.2, -0.15) is 0 Å². The summed E-state index contributed by atoms with van der Waals surface area (Å²) in [5, 5.41) is 12.2. The summed E-state index contributed by atoms with van der Waals surface area (Å²) in [6, 6.07) is 7.02. The zero-order chi connectivity index (χ0) is 18.7. The van der Waals surface area contributed by atoms with Gasteiger partial charge in [-0.25, -0.2) is 0 Å². The molecule has 1 amide bonds. The van der Waals surface area contributed by atoms with E-state index in [-0.39, 0.29) is 17.6 Å². The van der Waals surface area contributed by atoms with Crippen LogP contribution in [0.1, 0.15) is 55.7 Å². The van der Waals surface area contributed by atoms with Gasteiger partial charge in [0.2, 0.25) is 5.91 Å². The number of Topliss-reactive ketones (excluding diaryl/α,β-unsaturated/α-hetero) is 1. The smallest absolute Gasteiger partial charge is 0.226 e. The van der Waals surface area contributed by atoms with Gasteiger partial charge in [0, 0.05) is 29.6 Å². The number of hydrogen-bond acceptors (Lipinski definition) is 5. The van der Waals surface area contributed by atoms with Crippen LogP contribution in [0.5, 0.6) is 0 Å². The lowest BCUT2D eigenvalue weighted by Gasteiger charge is -2.08. The standard InChI is InChI=1S/C19H24N4O2S/c1-4-23-17(14-5-6-14)21-22-19(23)26-11-16(24)13-7-9-15(10-8-13)20-18(25)12(2)3/h7-10,12,14H,4-6,11H2,1-3H3,(H,20,25). The summed E-state index contributed by atoms with van der Waals surface area (Å²) in [6.07, 6.45) is 2.36. The Labute approximate surface area is 157 Å². The van der Waals surface area contributed by atoms with E-state index in [1.807, 2.05) is 13.8 Å². The zero-order valence-electron chi connectivity index (χ0n) is 15.4. The monoisotopic (exact) mass is 372 g/mol. The molecule has 0 radical (unpaired) electrons. The fourth-order valence-electron chi connectivity index (χ4n) is 2.59. The SMILES string of the molecule is CCn1c(SCC(=O)c2ccc(NC(=O)C(C)C)cc2)nnc1C1CC1. The normalized spacial score (nSPS) is 13.8. The maximum absolute atomic E-state index is 12.4. The second-order valence-electron chi connectivity index (χ2n) is 6.79. The minimum absolute atomic E-state index is 0.0370. The van der Waals surface area contributed by atoms with Crippen LogP contribution < -0.4 is 5.32 Å². The van der Waals surface area contributed by atoms with E-state index < -0.39 is 0 Å². The van der Waals surface area contributed by atoms with Crippen LogP contribution in [0, 0.1) is 5.92 Å². The number of benzene rings is 1. The van der Waals surface area contributed by atoms with Crippen molar-refractivity contribution in [3.05, 3.63) is 35.7 Å². The highest BCUT2D eigenvalue weighted by molar-refractivity contribution is 7.99. The third-order valence-electron chi connectivity index (χ3n) is 4.34. The zero-order valence-corrected chi connectivity index (χ0v) is 16.2. The summed E-state index contributed by atoms with van der Waals surface area (Å²) >= 11 is 1.43. The third-order valence-corrected chi connectivity index (χ3v) is 5.30. The van der Waals surface area contributed by atoms with Crippen molar-refractivity contribution in [3.8, 4) is 0 Å². The van der Waals surface area contributed by atoms with Gasteiger partial charge in [-0.15, -0.1) is 10.2 Å². The molecule has 1 heterocycles. The summed E-state index contributed by atoms with van der Waals surface area (Å²) in [4.78, 5) is 24.2. The Morgan fingerprint density at radius 3 is 2.50 bits per heavy atom. The number of carbonyl (C=O) groups excluding carboxylic acids is 2. The van der Waals surface area contributed by atoms with E-state index in [0.717, 1.165) is 17.5 Å². The van der Waals surface area contributed by atoms with Crippen LogP contribution in [0.2, 0.25) is 0 Å². The van der Waals surface area contributed by atoms with E-state index in [0.29, 0.717) is 22.9 Å². The number of aromatic nitrogens is 3. The molecule has 1 aliphatic rings. The Morgan fingerprint density at radius 2 is 1.92 bits per heavy atom. The number of anilines is 1. The van der Waals surface area contributed by atoms with E-state index in [1.165, 1.54) is 24.6 Å². The summed E-state index contributed by atoms with van der Waals surface area (Å²) in [5.74, 6) is 1.83. The Morgan fingerprint density at radius 1 is 1.23 bits per heavy atom. The van der Waals surface area contributed by atoms with E-state index in [2.05, 4.69) is 27.0 Å². The molecule has 0 atom stereocenters. The van der Waals surface area contributed by atoms with Gasteiger partial charge in [-0.1, -0.05) is 25.6 Å². The van der Waals surface area contributed by atoms with Gasteiger partial charge < -0.3 is 9.88 Å². The van der Waals surface area contributed by atoms with Crippen LogP contribution in [0.4, 0.5) is 5.69 Å². The average molecular weight is 372 g/mol. The van der Waals surface area contributed by atoms with Crippen molar-refractivity contribution in [2.24, 2.45) is 5.92 Å². The Hall–Kier alpha value is -2.15. The summed E-state index contributed by atoms with van der Waals surface area (Å²) < 4.78 is 2.11. The van der Waals surface area contributed by atoms with Gasteiger partial charge in [0.1, 0.15) is 5.82 Å². The van der Waals surface area contributed by atoms with Crippen LogP contribution >= 0.6 is 11.8 Å². The maximum atomic E-state index is 12.4. The predicted molar refractivity (Wildman–Crippen MR) is 103 cm³/mol. The first kappa shape index (κ1) is 18.6. The first-order valence-electron chi connectivity index (χ1n) is 8.99. The molecule has 138 valence electrons. The maximum Gasteiger partial charge on any atom is 0.226 e. The molecule has 26 heavy (non-hydrogen) atoms. The van der Waals surface area contributed by atoms with Crippen LogP contribution in [0.15, 0.2) is 29.4 Å². The molecule has 6 nitrogen and oxygen atoms in total. The third kappa shape index (κ3) is 4.33. The fourth-order valence-corrected chi connectivity index (χ4v) is 3.49. The molecule has 0 aliphatic heterocycles. The quantitative estimate of drug-likeness (QED) is 0.564. The molecule has 1 fully saturated rings. The fraction of sp³-hybridized carbons (Fsp3) is 0.474. The Kier molecular flexibility index (Phi) is 5.76. The minimum Gasteiger partial charge on any atom is -0.326 e. The van der Waals surface area contributed by atoms with Crippen molar-refractivity contribution >= 4 is 29.1 Å². The summed E-state index contributed by atoms with van der Waals surface area (Å²) in [7, 11) is 0. The van der Waals surface area contributed by atoms with Gasteiger partial charge in [0.15, 0.2) is 10.9 Å². The van der Waals surface area contributed by atoms with Crippen molar-refractivity contribution in [1.82, 2.24) is 14.8 Å². The number of amides is 1. The highest BCUT2D eigenvalue weighted by Crippen LogP contribution is 2.40. The molecule has 7 heteroatoms. The molecule has 0 spiro atoms. The summed E-state index contributed by atoms with van der Waals surface area (Å²) in [6.45, 7) is 6.58. The molecule has 1 aromatic carbocycles. The molecular weight excluding hydrogens is 348 g/mol. The van der Waals surface area contributed by atoms with Crippen LogP contribution in [0.3, 0.4) is 0 Å². The largest absolute Gasteiger partial charge is 0.326 e. The van der Waals surface area contributed by atoms with Crippen molar-refractivity contribution in [1.29, 1.82) is 0 Å². The molecule has 0 bridgehead atoms. The van der Waals surface area contributed by atoms with E-state index >= 15 is 0 Å². The van der Waals surface area contributed by atoms with Gasteiger partial charge in [0.05, 0.1) is 5.75 Å². The first-order valence-corrected chi connectivity index (χ1v) is 9.98. The van der Waals surface area contributed by atoms with Crippen molar-refractivity contribution < 1.29 is 9.59 Å². The van der Waals surface area contributed by atoms with Gasteiger partial charge in [-0.3, -0.25) is 9.59 Å². The minimum atomic E-state index is -0.0795. The number of carbonyl (C=O) groups is 2. The number of hydrogen-bond donors (Lipinski definition) is 1. The molecule has 1 aliphatic carbocycles. The lowest BCUT2D eigenvalue weighted by molar-refractivity contribution is -0.118. The molecule has 1 saturated carbocycles. The molecule has 0 unspecified atom stereocenters. The second-order valence-corrected chi connectivity index (χ2v) is 7.73. The highest BCUT2D eigenvalue weighted by Gasteiger charge is 2.30. The van der Waals surface area contributed by atoms with E-state index in [4.69, 9.17) is 0 Å². The van der Waals surface area contributed by atoms with E-state index in [1.54, 1.807) is 24.3 Å². The molecule has 2 aromatic rings. The molecule has 3 rings (SSSR count). The lowest BCUT2D eigenvalue weighted by atomic mass is 10.1.